The standard InChI is InChI=1S/C31H33F6N3O2/c1-3-42-28(41)18-27-21-39(19-23-12-14-38-15-13-23)16-17-40(27)20-22-4-6-24(7-5-22)25-8-10-26(11-9-25)29(2,30(32,33)34)31(35,36)37/h4-15,27H,3,16-21H2,1-2H3. The minimum atomic E-state index is -5.50. The highest BCUT2D eigenvalue weighted by molar-refractivity contribution is 5.70. The van der Waals surface area contributed by atoms with Crippen molar-refractivity contribution in [3.63, 3.8) is 0 Å². The maximum Gasteiger partial charge on any atom is 0.406 e. The third-order valence-corrected chi connectivity index (χ3v) is 7.82. The molecule has 3 aromatic rings. The van der Waals surface area contributed by atoms with Crippen molar-refractivity contribution in [2.24, 2.45) is 0 Å². The molecule has 1 atom stereocenters. The van der Waals surface area contributed by atoms with Gasteiger partial charge < -0.3 is 4.74 Å². The van der Waals surface area contributed by atoms with Gasteiger partial charge in [-0.05, 0) is 53.8 Å². The van der Waals surface area contributed by atoms with E-state index in [1.165, 1.54) is 12.1 Å². The van der Waals surface area contributed by atoms with Crippen molar-refractivity contribution in [1.29, 1.82) is 0 Å². The number of carbonyl (C=O) groups excluding carboxylic acids is 1. The Balaban J connectivity index is 1.46. The summed E-state index contributed by atoms with van der Waals surface area (Å²) in [6.07, 6.45) is -7.24. The van der Waals surface area contributed by atoms with Gasteiger partial charge in [0, 0.05) is 51.2 Å². The van der Waals surface area contributed by atoms with Gasteiger partial charge in [0.2, 0.25) is 0 Å². The highest BCUT2D eigenvalue weighted by atomic mass is 19.4. The van der Waals surface area contributed by atoms with E-state index < -0.39 is 23.3 Å². The number of nitrogens with zero attached hydrogens (tertiary/aromatic N) is 3. The zero-order valence-corrected chi connectivity index (χ0v) is 23.4. The summed E-state index contributed by atoms with van der Waals surface area (Å²) >= 11 is 0. The molecule has 0 N–H and O–H groups in total. The Bertz CT molecular complexity index is 1300. The summed E-state index contributed by atoms with van der Waals surface area (Å²) in [5, 5.41) is 0. The molecule has 1 saturated heterocycles. The number of aromatic nitrogens is 1. The number of pyridine rings is 1. The summed E-state index contributed by atoms with van der Waals surface area (Å²) in [5.74, 6) is -0.260. The summed E-state index contributed by atoms with van der Waals surface area (Å²) in [4.78, 5) is 21.0. The number of hydrogen-bond donors (Lipinski definition) is 0. The first kappa shape index (κ1) is 31.5. The number of hydrogen-bond acceptors (Lipinski definition) is 5. The van der Waals surface area contributed by atoms with Gasteiger partial charge in [-0.3, -0.25) is 19.6 Å². The van der Waals surface area contributed by atoms with Crippen molar-refractivity contribution in [3.8, 4) is 11.1 Å². The lowest BCUT2D eigenvalue weighted by Gasteiger charge is -2.41. The van der Waals surface area contributed by atoms with Gasteiger partial charge in [-0.1, -0.05) is 48.5 Å². The topological polar surface area (TPSA) is 45.7 Å². The van der Waals surface area contributed by atoms with E-state index in [2.05, 4.69) is 14.8 Å². The van der Waals surface area contributed by atoms with E-state index in [1.807, 2.05) is 24.3 Å². The predicted octanol–water partition coefficient (Wildman–Crippen LogP) is 6.77. The minimum absolute atomic E-state index is 0.0663. The molecule has 1 fully saturated rings. The second-order valence-corrected chi connectivity index (χ2v) is 10.6. The van der Waals surface area contributed by atoms with Crippen molar-refractivity contribution in [3.05, 3.63) is 89.7 Å². The Kier molecular flexibility index (Phi) is 9.62. The molecule has 0 spiro atoms. The smallest absolute Gasteiger partial charge is 0.406 e. The largest absolute Gasteiger partial charge is 0.466 e. The lowest BCUT2D eigenvalue weighted by molar-refractivity contribution is -0.297. The van der Waals surface area contributed by atoms with Crippen LogP contribution in [-0.4, -0.2) is 65.4 Å². The fraction of sp³-hybridized carbons (Fsp3) is 0.419. The number of alkyl halides is 6. The van der Waals surface area contributed by atoms with Crippen LogP contribution >= 0.6 is 0 Å². The van der Waals surface area contributed by atoms with Crippen LogP contribution in [0.5, 0.6) is 0 Å². The molecule has 2 heterocycles. The molecule has 2 aromatic carbocycles. The van der Waals surface area contributed by atoms with E-state index in [9.17, 15) is 31.1 Å². The van der Waals surface area contributed by atoms with Crippen LogP contribution in [0.3, 0.4) is 0 Å². The Morgan fingerprint density at radius 2 is 1.38 bits per heavy atom. The van der Waals surface area contributed by atoms with E-state index in [4.69, 9.17) is 4.74 Å². The summed E-state index contributed by atoms with van der Waals surface area (Å²) in [5.41, 5.74) is -1.56. The zero-order valence-electron chi connectivity index (χ0n) is 23.4. The molecular weight excluding hydrogens is 560 g/mol. The average molecular weight is 594 g/mol. The zero-order chi connectivity index (χ0) is 30.5. The lowest BCUT2D eigenvalue weighted by Crippen LogP contribution is -2.53. The van der Waals surface area contributed by atoms with Gasteiger partial charge in [0.25, 0.3) is 0 Å². The van der Waals surface area contributed by atoms with Crippen molar-refractivity contribution in [1.82, 2.24) is 14.8 Å². The van der Waals surface area contributed by atoms with Gasteiger partial charge >= 0.3 is 18.3 Å². The number of esters is 1. The molecule has 5 nitrogen and oxygen atoms in total. The molecule has 4 rings (SSSR count). The molecule has 226 valence electrons. The van der Waals surface area contributed by atoms with Crippen LogP contribution in [0, 0.1) is 0 Å². The Morgan fingerprint density at radius 3 is 1.93 bits per heavy atom. The number of piperazine rings is 1. The van der Waals surface area contributed by atoms with Crippen molar-refractivity contribution >= 4 is 5.97 Å². The molecule has 0 aliphatic carbocycles. The first-order valence-corrected chi connectivity index (χ1v) is 13.7. The van der Waals surface area contributed by atoms with Gasteiger partial charge in [0.05, 0.1) is 13.0 Å². The maximum absolute atomic E-state index is 13.4. The number of rotatable bonds is 9. The minimum Gasteiger partial charge on any atom is -0.466 e. The fourth-order valence-corrected chi connectivity index (χ4v) is 5.18. The van der Waals surface area contributed by atoms with Gasteiger partial charge in [-0.15, -0.1) is 0 Å². The first-order valence-electron chi connectivity index (χ1n) is 13.7. The van der Waals surface area contributed by atoms with Crippen LogP contribution in [0.4, 0.5) is 26.3 Å². The number of ether oxygens (including phenoxy) is 1. The fourth-order valence-electron chi connectivity index (χ4n) is 5.18. The molecular formula is C31H33F6N3O2. The quantitative estimate of drug-likeness (QED) is 0.203. The van der Waals surface area contributed by atoms with Crippen LogP contribution in [0.25, 0.3) is 11.1 Å². The molecule has 0 saturated carbocycles. The van der Waals surface area contributed by atoms with Crippen molar-refractivity contribution in [2.75, 3.05) is 26.2 Å². The van der Waals surface area contributed by atoms with E-state index in [0.29, 0.717) is 30.8 Å². The summed E-state index contributed by atoms with van der Waals surface area (Å²) in [6.45, 7) is 5.77. The Morgan fingerprint density at radius 1 is 0.833 bits per heavy atom. The first-order chi connectivity index (χ1) is 19.8. The van der Waals surface area contributed by atoms with E-state index >= 15 is 0 Å². The Labute approximate surface area is 241 Å². The van der Waals surface area contributed by atoms with Crippen LogP contribution in [-0.2, 0) is 28.0 Å². The molecule has 1 unspecified atom stereocenters. The number of halogens is 6. The van der Waals surface area contributed by atoms with Gasteiger partial charge in [0.15, 0.2) is 5.41 Å². The molecule has 1 aromatic heterocycles. The molecule has 11 heteroatoms. The van der Waals surface area contributed by atoms with Crippen LogP contribution in [0.1, 0.15) is 37.0 Å². The summed E-state index contributed by atoms with van der Waals surface area (Å²) < 4.78 is 85.9. The highest BCUT2D eigenvalue weighted by Gasteiger charge is 2.68. The SMILES string of the molecule is CCOC(=O)CC1CN(Cc2ccncc2)CCN1Cc1ccc(-c2ccc(C(C)(C(F)(F)F)C(F)(F)F)cc2)cc1. The van der Waals surface area contributed by atoms with Crippen molar-refractivity contribution in [2.45, 2.75) is 57.2 Å². The highest BCUT2D eigenvalue weighted by Crippen LogP contribution is 2.51. The molecule has 0 bridgehead atoms. The molecule has 1 aliphatic heterocycles. The summed E-state index contributed by atoms with van der Waals surface area (Å²) in [6, 6.07) is 15.5. The van der Waals surface area contributed by atoms with E-state index in [1.54, 1.807) is 31.5 Å². The average Bonchev–Trinajstić information content (AvgIpc) is 2.94. The normalized spacial score (nSPS) is 17.3. The van der Waals surface area contributed by atoms with Gasteiger partial charge in [-0.2, -0.15) is 26.3 Å². The predicted molar refractivity (Wildman–Crippen MR) is 146 cm³/mol. The molecule has 0 amide bonds. The molecule has 42 heavy (non-hydrogen) atoms. The van der Waals surface area contributed by atoms with Crippen molar-refractivity contribution < 1.29 is 35.9 Å². The van der Waals surface area contributed by atoms with Crippen LogP contribution in [0.15, 0.2) is 73.1 Å². The number of benzene rings is 2. The maximum atomic E-state index is 13.4. The van der Waals surface area contributed by atoms with Crippen LogP contribution in [0.2, 0.25) is 0 Å². The Hall–Kier alpha value is -3.44. The second kappa shape index (κ2) is 12.8. The van der Waals surface area contributed by atoms with E-state index in [0.717, 1.165) is 42.9 Å². The monoisotopic (exact) mass is 593 g/mol. The lowest BCUT2D eigenvalue weighted by atomic mass is 9.80. The molecule has 0 radical (unpaired) electrons. The number of carbonyl (C=O) groups is 1. The third kappa shape index (κ3) is 7.12. The third-order valence-electron chi connectivity index (χ3n) is 7.82. The van der Waals surface area contributed by atoms with E-state index in [-0.39, 0.29) is 25.4 Å². The summed E-state index contributed by atoms with van der Waals surface area (Å²) in [7, 11) is 0. The van der Waals surface area contributed by atoms with Gasteiger partial charge in [-0.25, -0.2) is 0 Å². The van der Waals surface area contributed by atoms with Crippen LogP contribution < -0.4 is 0 Å². The van der Waals surface area contributed by atoms with Gasteiger partial charge in [0.1, 0.15) is 0 Å². The molecule has 1 aliphatic rings. The second-order valence-electron chi connectivity index (χ2n) is 10.6.